The lowest BCUT2D eigenvalue weighted by molar-refractivity contribution is -0.129. The molecule has 2 aliphatic rings. The van der Waals surface area contributed by atoms with Crippen molar-refractivity contribution in [3.8, 4) is 0 Å². The lowest BCUT2D eigenvalue weighted by Gasteiger charge is -2.38. The molecule has 17 heavy (non-hydrogen) atoms. The van der Waals surface area contributed by atoms with E-state index >= 15 is 0 Å². The van der Waals surface area contributed by atoms with E-state index in [0.717, 1.165) is 19.3 Å². The second-order valence-electron chi connectivity index (χ2n) is 5.60. The summed E-state index contributed by atoms with van der Waals surface area (Å²) in [6, 6.07) is 0. The molecule has 2 unspecified atom stereocenters. The minimum atomic E-state index is -0.211. The average Bonchev–Trinajstić information content (AvgIpc) is 2.77. The number of nitrogens with two attached hydrogens (primary N) is 1. The Kier molecular flexibility index (Phi) is 4.05. The molecule has 1 saturated carbocycles. The predicted molar refractivity (Wildman–Crippen MR) is 66.5 cm³/mol. The zero-order valence-corrected chi connectivity index (χ0v) is 10.7. The molecule has 1 aliphatic carbocycles. The summed E-state index contributed by atoms with van der Waals surface area (Å²) < 4.78 is 5.35. The molecule has 0 aromatic heterocycles. The van der Waals surface area contributed by atoms with Crippen LogP contribution in [-0.4, -0.2) is 31.2 Å². The van der Waals surface area contributed by atoms with Crippen LogP contribution in [0.15, 0.2) is 0 Å². The Morgan fingerprint density at radius 1 is 1.41 bits per heavy atom. The second kappa shape index (κ2) is 5.36. The fraction of sp³-hybridized carbons (Fsp3) is 0.923. The molecule has 2 rings (SSSR count). The molecule has 3 N–H and O–H groups in total. The Balaban J connectivity index is 1.95. The van der Waals surface area contributed by atoms with Crippen LogP contribution in [-0.2, 0) is 9.53 Å². The molecule has 0 bridgehead atoms. The number of hydrogen-bond donors (Lipinski definition) is 2. The Morgan fingerprint density at radius 2 is 2.12 bits per heavy atom. The van der Waals surface area contributed by atoms with Crippen molar-refractivity contribution in [3.63, 3.8) is 0 Å². The summed E-state index contributed by atoms with van der Waals surface area (Å²) in [7, 11) is 0. The van der Waals surface area contributed by atoms with Crippen molar-refractivity contribution in [1.82, 2.24) is 5.32 Å². The lowest BCUT2D eigenvalue weighted by atomic mass is 9.88. The Labute approximate surface area is 103 Å². The van der Waals surface area contributed by atoms with Gasteiger partial charge in [0, 0.05) is 25.7 Å². The van der Waals surface area contributed by atoms with Crippen LogP contribution in [0.3, 0.4) is 0 Å². The van der Waals surface area contributed by atoms with Gasteiger partial charge >= 0.3 is 0 Å². The van der Waals surface area contributed by atoms with Crippen molar-refractivity contribution in [3.05, 3.63) is 0 Å². The largest absolute Gasteiger partial charge is 0.381 e. The van der Waals surface area contributed by atoms with E-state index in [1.807, 2.05) is 0 Å². The van der Waals surface area contributed by atoms with Gasteiger partial charge in [0.15, 0.2) is 0 Å². The molecule has 4 heteroatoms. The van der Waals surface area contributed by atoms with Gasteiger partial charge in [0.25, 0.3) is 0 Å². The van der Waals surface area contributed by atoms with Gasteiger partial charge in [-0.1, -0.05) is 13.3 Å². The highest BCUT2D eigenvalue weighted by Gasteiger charge is 2.37. The lowest BCUT2D eigenvalue weighted by Crippen LogP contribution is -2.58. The molecule has 0 spiro atoms. The standard InChI is InChI=1S/C13H24N2O2/c1-10-3-2-4-11(10)12(16)15-13(9-14)5-7-17-8-6-13/h10-11H,2-9,14H2,1H3,(H,15,16). The molecule has 4 nitrogen and oxygen atoms in total. The summed E-state index contributed by atoms with van der Waals surface area (Å²) in [6.45, 7) is 4.11. The number of hydrogen-bond acceptors (Lipinski definition) is 3. The first kappa shape index (κ1) is 12.8. The maximum Gasteiger partial charge on any atom is 0.223 e. The van der Waals surface area contributed by atoms with Crippen LogP contribution in [0, 0.1) is 11.8 Å². The first-order valence-electron chi connectivity index (χ1n) is 6.77. The maximum absolute atomic E-state index is 12.3. The van der Waals surface area contributed by atoms with Crippen molar-refractivity contribution in [2.24, 2.45) is 17.6 Å². The molecule has 98 valence electrons. The van der Waals surface area contributed by atoms with Crippen LogP contribution in [0.5, 0.6) is 0 Å². The zero-order chi connectivity index (χ0) is 12.3. The van der Waals surface area contributed by atoms with Gasteiger partial charge in [-0.25, -0.2) is 0 Å². The summed E-state index contributed by atoms with van der Waals surface area (Å²) in [6.07, 6.45) is 5.08. The third kappa shape index (κ3) is 2.80. The molecule has 1 heterocycles. The van der Waals surface area contributed by atoms with Crippen LogP contribution < -0.4 is 11.1 Å². The van der Waals surface area contributed by atoms with Crippen LogP contribution in [0.2, 0.25) is 0 Å². The Bertz CT molecular complexity index is 275. The number of ether oxygens (including phenoxy) is 1. The van der Waals surface area contributed by atoms with Gasteiger partial charge in [-0.05, 0) is 31.6 Å². The summed E-state index contributed by atoms with van der Waals surface area (Å²) in [5, 5.41) is 3.21. The molecule has 0 radical (unpaired) electrons. The highest BCUT2D eigenvalue weighted by Crippen LogP contribution is 2.32. The molecule has 0 aromatic carbocycles. The van der Waals surface area contributed by atoms with Gasteiger partial charge in [0.2, 0.25) is 5.91 Å². The predicted octanol–water partition coefficient (Wildman–Crippen LogP) is 1.05. The van der Waals surface area contributed by atoms with Gasteiger partial charge < -0.3 is 15.8 Å². The van der Waals surface area contributed by atoms with Crippen LogP contribution in [0.4, 0.5) is 0 Å². The molecular formula is C13H24N2O2. The number of carbonyl (C=O) groups excluding carboxylic acids is 1. The number of amides is 1. The number of rotatable bonds is 3. The smallest absolute Gasteiger partial charge is 0.223 e. The quantitative estimate of drug-likeness (QED) is 0.775. The van der Waals surface area contributed by atoms with Gasteiger partial charge in [0.05, 0.1) is 5.54 Å². The monoisotopic (exact) mass is 240 g/mol. The zero-order valence-electron chi connectivity index (χ0n) is 10.7. The Morgan fingerprint density at radius 3 is 2.65 bits per heavy atom. The fourth-order valence-electron chi connectivity index (χ4n) is 3.03. The number of nitrogens with one attached hydrogen (secondary N) is 1. The minimum Gasteiger partial charge on any atom is -0.381 e. The summed E-state index contributed by atoms with van der Waals surface area (Å²) in [4.78, 5) is 12.3. The summed E-state index contributed by atoms with van der Waals surface area (Å²) in [5.41, 5.74) is 5.64. The van der Waals surface area contributed by atoms with Gasteiger partial charge in [0.1, 0.15) is 0 Å². The van der Waals surface area contributed by atoms with Crippen molar-refractivity contribution in [2.75, 3.05) is 19.8 Å². The van der Waals surface area contributed by atoms with Gasteiger partial charge in [-0.3, -0.25) is 4.79 Å². The second-order valence-corrected chi connectivity index (χ2v) is 5.60. The minimum absolute atomic E-state index is 0.196. The molecule has 2 atom stereocenters. The van der Waals surface area contributed by atoms with Crippen molar-refractivity contribution in [1.29, 1.82) is 0 Å². The van der Waals surface area contributed by atoms with E-state index in [4.69, 9.17) is 10.5 Å². The van der Waals surface area contributed by atoms with E-state index in [-0.39, 0.29) is 17.4 Å². The SMILES string of the molecule is CC1CCCC1C(=O)NC1(CN)CCOCC1. The third-order valence-electron chi connectivity index (χ3n) is 4.43. The van der Waals surface area contributed by atoms with E-state index in [1.54, 1.807) is 0 Å². The average molecular weight is 240 g/mol. The maximum atomic E-state index is 12.3. The third-order valence-corrected chi connectivity index (χ3v) is 4.43. The highest BCUT2D eigenvalue weighted by atomic mass is 16.5. The summed E-state index contributed by atoms with van der Waals surface area (Å²) in [5.74, 6) is 0.924. The molecular weight excluding hydrogens is 216 g/mol. The van der Waals surface area contributed by atoms with E-state index in [9.17, 15) is 4.79 Å². The van der Waals surface area contributed by atoms with Crippen molar-refractivity contribution >= 4 is 5.91 Å². The normalized spacial score (nSPS) is 32.4. The topological polar surface area (TPSA) is 64.4 Å². The molecule has 1 saturated heterocycles. The highest BCUT2D eigenvalue weighted by molar-refractivity contribution is 5.80. The van der Waals surface area contributed by atoms with Crippen LogP contribution in [0.1, 0.15) is 39.0 Å². The summed E-state index contributed by atoms with van der Waals surface area (Å²) >= 11 is 0. The van der Waals surface area contributed by atoms with E-state index < -0.39 is 0 Å². The molecule has 1 amide bonds. The fourth-order valence-corrected chi connectivity index (χ4v) is 3.03. The van der Waals surface area contributed by atoms with Gasteiger partial charge in [-0.15, -0.1) is 0 Å². The van der Waals surface area contributed by atoms with E-state index in [0.29, 0.717) is 25.7 Å². The Hall–Kier alpha value is -0.610. The number of carbonyl (C=O) groups is 1. The molecule has 2 fully saturated rings. The molecule has 0 aromatic rings. The first-order valence-corrected chi connectivity index (χ1v) is 6.77. The van der Waals surface area contributed by atoms with Crippen molar-refractivity contribution < 1.29 is 9.53 Å². The first-order chi connectivity index (χ1) is 8.17. The molecule has 1 aliphatic heterocycles. The van der Waals surface area contributed by atoms with Crippen LogP contribution in [0.25, 0.3) is 0 Å². The van der Waals surface area contributed by atoms with E-state index in [1.165, 1.54) is 12.8 Å². The van der Waals surface area contributed by atoms with Crippen LogP contribution >= 0.6 is 0 Å². The van der Waals surface area contributed by atoms with Crippen molar-refractivity contribution in [2.45, 2.75) is 44.6 Å². The van der Waals surface area contributed by atoms with E-state index in [2.05, 4.69) is 12.2 Å². The van der Waals surface area contributed by atoms with Gasteiger partial charge in [-0.2, -0.15) is 0 Å².